The molecule has 2 N–H and O–H groups in total. The van der Waals surface area contributed by atoms with Crippen LogP contribution in [-0.2, 0) is 4.74 Å². The summed E-state index contributed by atoms with van der Waals surface area (Å²) in [7, 11) is 0. The Labute approximate surface area is 129 Å². The van der Waals surface area contributed by atoms with Gasteiger partial charge >= 0.3 is 0 Å². The van der Waals surface area contributed by atoms with Crippen molar-refractivity contribution >= 4 is 0 Å². The summed E-state index contributed by atoms with van der Waals surface area (Å²) < 4.78 is 5.77. The van der Waals surface area contributed by atoms with Crippen molar-refractivity contribution in [2.24, 2.45) is 0 Å². The van der Waals surface area contributed by atoms with Crippen LogP contribution in [0.25, 0.3) is 0 Å². The number of nitrogens with one attached hydrogen (secondary N) is 1. The molecular weight excluding hydrogens is 276 g/mol. The van der Waals surface area contributed by atoms with Crippen LogP contribution in [0.5, 0.6) is 0 Å². The van der Waals surface area contributed by atoms with Gasteiger partial charge in [0.25, 0.3) is 0 Å². The maximum Gasteiger partial charge on any atom is 0.174 e. The highest BCUT2D eigenvalue weighted by Gasteiger charge is 2.66. The molecule has 4 nitrogen and oxygen atoms in total. The molecule has 0 aliphatic carbocycles. The molecule has 7 atom stereocenters. The molecule has 0 amide bonds. The molecule has 3 aliphatic heterocycles. The summed E-state index contributed by atoms with van der Waals surface area (Å²) >= 11 is 0. The second-order valence-corrected chi connectivity index (χ2v) is 6.29. The molecule has 3 fully saturated rings. The second-order valence-electron chi connectivity index (χ2n) is 6.29. The van der Waals surface area contributed by atoms with E-state index in [-0.39, 0.29) is 24.4 Å². The molecule has 0 spiro atoms. The molecule has 3 aliphatic rings. The van der Waals surface area contributed by atoms with Gasteiger partial charge in [-0.3, -0.25) is 4.90 Å². The van der Waals surface area contributed by atoms with E-state index in [1.54, 1.807) is 0 Å². The topological polar surface area (TPSA) is 54.4 Å². The molecule has 5 rings (SSSR count). The van der Waals surface area contributed by atoms with E-state index in [0.29, 0.717) is 6.04 Å². The van der Waals surface area contributed by atoms with Gasteiger partial charge in [0.2, 0.25) is 0 Å². The fourth-order valence-corrected chi connectivity index (χ4v) is 3.84. The van der Waals surface area contributed by atoms with E-state index in [2.05, 4.69) is 58.7 Å². The lowest BCUT2D eigenvalue weighted by Crippen LogP contribution is -2.29. The van der Waals surface area contributed by atoms with E-state index >= 15 is 0 Å². The highest BCUT2D eigenvalue weighted by molar-refractivity contribution is 5.33. The molecule has 0 saturated carbocycles. The molecule has 112 valence electrons. The third-order valence-electron chi connectivity index (χ3n) is 4.99. The minimum Gasteiger partial charge on any atom is -0.366 e. The lowest BCUT2D eigenvalue weighted by atomic mass is 10.1. The van der Waals surface area contributed by atoms with Gasteiger partial charge in [0.05, 0.1) is 24.2 Å². The van der Waals surface area contributed by atoms with Crippen molar-refractivity contribution in [3.8, 4) is 0 Å². The summed E-state index contributed by atoms with van der Waals surface area (Å²) in [5.41, 5.74) is 2.55. The molecule has 22 heavy (non-hydrogen) atoms. The molecule has 3 saturated heterocycles. The van der Waals surface area contributed by atoms with Gasteiger partial charge in [-0.1, -0.05) is 60.7 Å². The Morgan fingerprint density at radius 3 is 2.23 bits per heavy atom. The van der Waals surface area contributed by atoms with Crippen LogP contribution in [0.2, 0.25) is 0 Å². The number of hydrogen-bond acceptors (Lipinski definition) is 4. The van der Waals surface area contributed by atoms with Gasteiger partial charge in [0.1, 0.15) is 6.23 Å². The van der Waals surface area contributed by atoms with Gasteiger partial charge in [-0.25, -0.2) is 0 Å². The van der Waals surface area contributed by atoms with Gasteiger partial charge < -0.3 is 15.2 Å². The normalized spacial score (nSPS) is 42.0. The average molecular weight is 294 g/mol. The van der Waals surface area contributed by atoms with E-state index in [1.807, 2.05) is 12.1 Å². The van der Waals surface area contributed by atoms with Crippen LogP contribution in [0.4, 0.5) is 0 Å². The smallest absolute Gasteiger partial charge is 0.174 e. The van der Waals surface area contributed by atoms with Crippen LogP contribution < -0.4 is 5.32 Å². The van der Waals surface area contributed by atoms with Crippen molar-refractivity contribution in [3.63, 3.8) is 0 Å². The monoisotopic (exact) mass is 294 g/mol. The number of ether oxygens (including phenoxy) is 1. The van der Waals surface area contributed by atoms with Crippen molar-refractivity contribution in [2.45, 2.75) is 36.7 Å². The Bertz CT molecular complexity index is 678. The molecular formula is C18H18N2O2. The number of rotatable bonds is 3. The fourth-order valence-electron chi connectivity index (χ4n) is 3.84. The molecule has 2 aromatic carbocycles. The predicted molar refractivity (Wildman–Crippen MR) is 81.8 cm³/mol. The Balaban J connectivity index is 1.35. The Morgan fingerprint density at radius 1 is 0.909 bits per heavy atom. The molecule has 0 radical (unpaired) electrons. The van der Waals surface area contributed by atoms with Gasteiger partial charge in [-0.2, -0.15) is 0 Å². The summed E-state index contributed by atoms with van der Waals surface area (Å²) in [6.07, 6.45) is -0.732. The second kappa shape index (κ2) is 4.64. The maximum absolute atomic E-state index is 10.2. The third kappa shape index (κ3) is 1.85. The molecule has 2 aromatic rings. The molecule has 0 aromatic heterocycles. The minimum atomic E-state index is -0.686. The molecule has 0 bridgehead atoms. The summed E-state index contributed by atoms with van der Waals surface area (Å²) in [4.78, 5) is 2.29. The molecule has 3 heterocycles. The van der Waals surface area contributed by atoms with E-state index in [0.717, 1.165) is 0 Å². The van der Waals surface area contributed by atoms with Gasteiger partial charge in [-0.15, -0.1) is 0 Å². The Morgan fingerprint density at radius 2 is 1.55 bits per heavy atom. The van der Waals surface area contributed by atoms with Crippen LogP contribution >= 0.6 is 0 Å². The van der Waals surface area contributed by atoms with Crippen molar-refractivity contribution < 1.29 is 9.84 Å². The van der Waals surface area contributed by atoms with Crippen LogP contribution in [0.15, 0.2) is 60.7 Å². The molecule has 4 unspecified atom stereocenters. The van der Waals surface area contributed by atoms with E-state index in [1.165, 1.54) is 11.1 Å². The first kappa shape index (κ1) is 12.8. The van der Waals surface area contributed by atoms with Crippen LogP contribution in [0.3, 0.4) is 0 Å². The summed E-state index contributed by atoms with van der Waals surface area (Å²) in [6.45, 7) is 0. The zero-order chi connectivity index (χ0) is 14.7. The van der Waals surface area contributed by atoms with Crippen LogP contribution in [0.1, 0.15) is 23.2 Å². The van der Waals surface area contributed by atoms with Crippen molar-refractivity contribution in [2.75, 3.05) is 0 Å². The summed E-state index contributed by atoms with van der Waals surface area (Å²) in [5.74, 6) is 0. The van der Waals surface area contributed by atoms with Crippen molar-refractivity contribution in [3.05, 3.63) is 71.8 Å². The zero-order valence-corrected chi connectivity index (χ0v) is 12.0. The number of hydrogen-bond donors (Lipinski definition) is 2. The standard InChI is InChI=1S/C18H18N2O2/c21-18-16-15(12-9-5-2-6-10-12)20(16)17(22-18)14-13(19-14)11-7-3-1-4-8-11/h1-10,13-19,21H/t13-,14+,15?,16?,17?,18-,20?/m1/s1. The minimum absolute atomic E-state index is 0.0459. The van der Waals surface area contributed by atoms with Gasteiger partial charge in [0, 0.05) is 0 Å². The number of fused-ring (bicyclic) bond motifs is 1. The van der Waals surface area contributed by atoms with E-state index in [4.69, 9.17) is 4.74 Å². The zero-order valence-electron chi connectivity index (χ0n) is 12.0. The lowest BCUT2D eigenvalue weighted by molar-refractivity contribution is -0.118. The predicted octanol–water partition coefficient (Wildman–Crippen LogP) is 1.80. The highest BCUT2D eigenvalue weighted by atomic mass is 16.6. The summed E-state index contributed by atoms with van der Waals surface area (Å²) in [6, 6.07) is 21.8. The van der Waals surface area contributed by atoms with Gasteiger partial charge in [0.15, 0.2) is 6.29 Å². The Kier molecular flexibility index (Phi) is 2.69. The quantitative estimate of drug-likeness (QED) is 0.848. The van der Waals surface area contributed by atoms with Crippen LogP contribution in [0, 0.1) is 0 Å². The number of aliphatic hydroxyl groups is 1. The highest BCUT2D eigenvalue weighted by Crippen LogP contribution is 2.55. The number of benzene rings is 2. The van der Waals surface area contributed by atoms with Crippen molar-refractivity contribution in [1.82, 2.24) is 10.2 Å². The van der Waals surface area contributed by atoms with Gasteiger partial charge in [-0.05, 0) is 11.1 Å². The third-order valence-corrected chi connectivity index (χ3v) is 4.99. The molecule has 4 heteroatoms. The number of aliphatic hydroxyl groups excluding tert-OH is 1. The first-order valence-electron chi connectivity index (χ1n) is 7.81. The lowest BCUT2D eigenvalue weighted by Gasteiger charge is -2.17. The Hall–Kier alpha value is -1.72. The van der Waals surface area contributed by atoms with Crippen molar-refractivity contribution in [1.29, 1.82) is 0 Å². The summed E-state index contributed by atoms with van der Waals surface area (Å²) in [5, 5.41) is 13.7. The number of nitrogens with zero attached hydrogens (tertiary/aromatic N) is 1. The largest absolute Gasteiger partial charge is 0.366 e. The first-order chi connectivity index (χ1) is 10.8. The SMILES string of the molecule is O[C@@H]1OC([C@H]2N[C@@H]2c2ccccc2)N2C(c3ccccc3)C12. The van der Waals surface area contributed by atoms with E-state index in [9.17, 15) is 5.11 Å². The fraction of sp³-hybridized carbons (Fsp3) is 0.333. The van der Waals surface area contributed by atoms with Crippen LogP contribution in [-0.4, -0.2) is 34.6 Å². The maximum atomic E-state index is 10.2. The average Bonchev–Trinajstić information content (AvgIpc) is 3.47. The van der Waals surface area contributed by atoms with E-state index < -0.39 is 6.29 Å². The first-order valence-corrected chi connectivity index (χ1v) is 7.81.